The maximum Gasteiger partial charge on any atom is 0.247 e. The van der Waals surface area contributed by atoms with Crippen LogP contribution in [0.1, 0.15) is 6.42 Å². The van der Waals surface area contributed by atoms with E-state index in [0.29, 0.717) is 22.9 Å². The second kappa shape index (κ2) is 10.9. The number of anilines is 4. The lowest BCUT2D eigenvalue weighted by molar-refractivity contribution is -0.111. The predicted molar refractivity (Wildman–Crippen MR) is 153 cm³/mol. The Bertz CT molecular complexity index is 1480. The Morgan fingerprint density at radius 2 is 1.89 bits per heavy atom. The van der Waals surface area contributed by atoms with Gasteiger partial charge in [-0.05, 0) is 38.2 Å². The number of benzene rings is 2. The van der Waals surface area contributed by atoms with Gasteiger partial charge in [-0.15, -0.1) is 0 Å². The number of ether oxygens (including phenoxy) is 1. The Morgan fingerprint density at radius 3 is 2.71 bits per heavy atom. The van der Waals surface area contributed by atoms with Crippen LogP contribution < -0.4 is 20.3 Å². The highest BCUT2D eigenvalue weighted by Gasteiger charge is 2.20. The van der Waals surface area contributed by atoms with Gasteiger partial charge in [-0.2, -0.15) is 0 Å². The first-order valence-corrected chi connectivity index (χ1v) is 12.7. The molecule has 3 heterocycles. The lowest BCUT2D eigenvalue weighted by Crippen LogP contribution is -2.29. The summed E-state index contributed by atoms with van der Waals surface area (Å²) in [6.07, 6.45) is 5.94. The summed E-state index contributed by atoms with van der Waals surface area (Å²) >= 11 is 0. The summed E-state index contributed by atoms with van der Waals surface area (Å²) in [6.45, 7) is 7.33. The molecule has 0 spiro atoms. The number of amides is 1. The zero-order valence-electron chi connectivity index (χ0n) is 22.1. The van der Waals surface area contributed by atoms with Gasteiger partial charge in [0.05, 0.1) is 29.9 Å². The molecule has 0 radical (unpaired) electrons. The number of nitrogens with zero attached hydrogens (tertiary/aromatic N) is 5. The van der Waals surface area contributed by atoms with Gasteiger partial charge in [-0.25, -0.2) is 9.97 Å². The van der Waals surface area contributed by atoms with Crippen molar-refractivity contribution in [2.24, 2.45) is 7.05 Å². The van der Waals surface area contributed by atoms with Crippen LogP contribution in [0.5, 0.6) is 5.75 Å². The van der Waals surface area contributed by atoms with Gasteiger partial charge in [-0.3, -0.25) is 4.79 Å². The van der Waals surface area contributed by atoms with E-state index in [4.69, 9.17) is 4.74 Å². The number of rotatable bonds is 7. The molecule has 196 valence electrons. The minimum atomic E-state index is -0.269. The van der Waals surface area contributed by atoms with E-state index in [-0.39, 0.29) is 5.91 Å². The van der Waals surface area contributed by atoms with Crippen LogP contribution in [0.15, 0.2) is 67.6 Å². The molecular formula is C29H33N7O2. The second-order valence-corrected chi connectivity index (χ2v) is 9.49. The molecule has 0 saturated carbocycles. The van der Waals surface area contributed by atoms with Crippen LogP contribution in [0.3, 0.4) is 0 Å². The van der Waals surface area contributed by atoms with Crippen molar-refractivity contribution in [2.75, 3.05) is 55.9 Å². The minimum Gasteiger partial charge on any atom is -0.494 e. The van der Waals surface area contributed by atoms with Crippen molar-refractivity contribution in [2.45, 2.75) is 6.42 Å². The highest BCUT2D eigenvalue weighted by molar-refractivity contribution is 6.02. The van der Waals surface area contributed by atoms with Gasteiger partial charge in [0.15, 0.2) is 0 Å². The van der Waals surface area contributed by atoms with Crippen LogP contribution in [0.25, 0.3) is 22.2 Å². The number of carbonyl (C=O) groups is 1. The molecule has 0 bridgehead atoms. The summed E-state index contributed by atoms with van der Waals surface area (Å²) in [7, 11) is 5.80. The van der Waals surface area contributed by atoms with Gasteiger partial charge < -0.3 is 29.7 Å². The lowest BCUT2D eigenvalue weighted by atomic mass is 10.1. The van der Waals surface area contributed by atoms with E-state index in [1.54, 1.807) is 13.4 Å². The Labute approximate surface area is 222 Å². The molecule has 0 aliphatic carbocycles. The van der Waals surface area contributed by atoms with Gasteiger partial charge in [-0.1, -0.05) is 24.8 Å². The maximum absolute atomic E-state index is 12.3. The number of aryl methyl sites for hydroxylation is 1. The predicted octanol–water partition coefficient (Wildman–Crippen LogP) is 4.65. The van der Waals surface area contributed by atoms with Crippen molar-refractivity contribution >= 4 is 39.7 Å². The van der Waals surface area contributed by atoms with Gasteiger partial charge >= 0.3 is 0 Å². The fourth-order valence-electron chi connectivity index (χ4n) is 4.93. The average molecular weight is 512 g/mol. The quantitative estimate of drug-likeness (QED) is 0.349. The van der Waals surface area contributed by atoms with Crippen LogP contribution in [-0.4, -0.2) is 65.7 Å². The van der Waals surface area contributed by atoms with Crippen molar-refractivity contribution < 1.29 is 9.53 Å². The number of carbonyl (C=O) groups excluding carboxylic acids is 1. The van der Waals surface area contributed by atoms with Crippen LogP contribution in [-0.2, 0) is 11.8 Å². The monoisotopic (exact) mass is 511 g/mol. The third kappa shape index (κ3) is 5.19. The number of hydrogen-bond acceptors (Lipinski definition) is 7. The molecule has 4 aromatic rings. The van der Waals surface area contributed by atoms with Crippen molar-refractivity contribution in [3.8, 4) is 17.0 Å². The van der Waals surface area contributed by atoms with Crippen LogP contribution in [0.2, 0.25) is 0 Å². The summed E-state index contributed by atoms with van der Waals surface area (Å²) in [6, 6.07) is 14.0. The van der Waals surface area contributed by atoms with E-state index >= 15 is 0 Å². The van der Waals surface area contributed by atoms with E-state index < -0.39 is 0 Å². The average Bonchev–Trinajstić information content (AvgIpc) is 3.11. The maximum atomic E-state index is 12.3. The van der Waals surface area contributed by atoms with Gasteiger partial charge in [0.1, 0.15) is 17.9 Å². The molecule has 2 aromatic heterocycles. The first kappa shape index (κ1) is 25.3. The summed E-state index contributed by atoms with van der Waals surface area (Å²) in [5.41, 5.74) is 5.26. The normalized spacial score (nSPS) is 14.2. The first-order valence-electron chi connectivity index (χ1n) is 12.7. The van der Waals surface area contributed by atoms with Crippen molar-refractivity contribution in [1.29, 1.82) is 0 Å². The van der Waals surface area contributed by atoms with Crippen molar-refractivity contribution in [1.82, 2.24) is 19.4 Å². The summed E-state index contributed by atoms with van der Waals surface area (Å²) in [5.74, 6) is 1.00. The largest absolute Gasteiger partial charge is 0.494 e. The van der Waals surface area contributed by atoms with E-state index in [9.17, 15) is 4.79 Å². The SMILES string of the molecule is C=CC(=O)Nc1cc(Nc2cc(-c3cn(C)c4ccccc34)ncn2)c(OC)cc1N1CCCN(C)CC1. The Balaban J connectivity index is 1.51. The van der Waals surface area contributed by atoms with Gasteiger partial charge in [0.2, 0.25) is 5.91 Å². The fraction of sp³-hybridized carbons (Fsp3) is 0.276. The Kier molecular flexibility index (Phi) is 7.28. The zero-order chi connectivity index (χ0) is 26.6. The molecule has 38 heavy (non-hydrogen) atoms. The van der Waals surface area contributed by atoms with Crippen molar-refractivity contribution in [3.05, 3.63) is 67.6 Å². The van der Waals surface area contributed by atoms with E-state index in [1.807, 2.05) is 37.4 Å². The number of likely N-dealkylation sites (N-methyl/N-ethyl adjacent to an activating group) is 1. The molecular weight excluding hydrogens is 478 g/mol. The summed E-state index contributed by atoms with van der Waals surface area (Å²) < 4.78 is 7.88. The summed E-state index contributed by atoms with van der Waals surface area (Å²) in [5, 5.41) is 7.49. The number of para-hydroxylation sites is 1. The van der Waals surface area contributed by atoms with Gasteiger partial charge in [0.25, 0.3) is 0 Å². The number of aromatic nitrogens is 3. The molecule has 2 N–H and O–H groups in total. The molecule has 2 aromatic carbocycles. The fourth-order valence-corrected chi connectivity index (χ4v) is 4.93. The number of hydrogen-bond donors (Lipinski definition) is 2. The smallest absolute Gasteiger partial charge is 0.247 e. The second-order valence-electron chi connectivity index (χ2n) is 9.49. The van der Waals surface area contributed by atoms with Crippen LogP contribution in [0, 0.1) is 0 Å². The van der Waals surface area contributed by atoms with Crippen molar-refractivity contribution in [3.63, 3.8) is 0 Å². The number of fused-ring (bicyclic) bond motifs is 1. The molecule has 1 fully saturated rings. The van der Waals surface area contributed by atoms with E-state index in [2.05, 4.69) is 66.9 Å². The van der Waals surface area contributed by atoms with E-state index in [1.165, 1.54) is 6.08 Å². The molecule has 0 atom stereocenters. The number of nitrogens with one attached hydrogen (secondary N) is 2. The molecule has 0 unspecified atom stereocenters. The van der Waals surface area contributed by atoms with Crippen LogP contribution in [0.4, 0.5) is 22.9 Å². The Hall–Kier alpha value is -4.37. The standard InChI is InChI=1S/C29H33N7O2/c1-5-29(37)33-23-15-24(27(38-4)17-26(23)36-12-8-11-34(2)13-14-36)32-28-16-22(30-19-31-28)21-18-35(3)25-10-7-6-9-20(21)25/h5-7,9-10,15-19H,1,8,11-14H2,2-4H3,(H,33,37)(H,30,31,32). The molecule has 1 amide bonds. The molecule has 1 aliphatic heterocycles. The third-order valence-electron chi connectivity index (χ3n) is 6.92. The Morgan fingerprint density at radius 1 is 1.05 bits per heavy atom. The first-order chi connectivity index (χ1) is 18.5. The molecule has 1 aliphatic rings. The van der Waals surface area contributed by atoms with Gasteiger partial charge in [0, 0.05) is 61.5 Å². The molecule has 5 rings (SSSR count). The van der Waals surface area contributed by atoms with E-state index in [0.717, 1.165) is 60.4 Å². The topological polar surface area (TPSA) is 87.5 Å². The minimum absolute atomic E-state index is 0.269. The molecule has 9 heteroatoms. The third-order valence-corrected chi connectivity index (χ3v) is 6.92. The highest BCUT2D eigenvalue weighted by atomic mass is 16.5. The van der Waals surface area contributed by atoms with Crippen LogP contribution >= 0.6 is 0 Å². The number of methoxy groups -OCH3 is 1. The molecule has 1 saturated heterocycles. The molecule has 9 nitrogen and oxygen atoms in total. The lowest BCUT2D eigenvalue weighted by Gasteiger charge is -2.27. The highest BCUT2D eigenvalue weighted by Crippen LogP contribution is 2.39. The zero-order valence-corrected chi connectivity index (χ0v) is 22.1. The summed E-state index contributed by atoms with van der Waals surface area (Å²) in [4.78, 5) is 25.9.